The number of hydrogen-bond acceptors (Lipinski definition) is 6. The van der Waals surface area contributed by atoms with Crippen LogP contribution in [0, 0.1) is 0 Å². The zero-order valence-electron chi connectivity index (χ0n) is 13.0. The van der Waals surface area contributed by atoms with Gasteiger partial charge in [0, 0.05) is 47.2 Å². The van der Waals surface area contributed by atoms with Gasteiger partial charge in [0.2, 0.25) is 0 Å². The number of nitrogens with zero attached hydrogens (tertiary/aromatic N) is 3. The molecular formula is C16H19BrN4OS. The van der Waals surface area contributed by atoms with E-state index in [0.29, 0.717) is 6.54 Å². The van der Waals surface area contributed by atoms with Gasteiger partial charge in [-0.1, -0.05) is 15.9 Å². The lowest BCUT2D eigenvalue weighted by atomic mass is 10.2. The molecule has 1 saturated heterocycles. The highest BCUT2D eigenvalue weighted by atomic mass is 79.9. The summed E-state index contributed by atoms with van der Waals surface area (Å²) in [5, 5.41) is 3.36. The van der Waals surface area contributed by atoms with Crippen molar-refractivity contribution < 1.29 is 4.74 Å². The van der Waals surface area contributed by atoms with Gasteiger partial charge in [0.15, 0.2) is 0 Å². The number of halogens is 1. The number of aromatic nitrogens is 2. The molecule has 2 heterocycles. The Labute approximate surface area is 149 Å². The summed E-state index contributed by atoms with van der Waals surface area (Å²) in [5.41, 5.74) is 1.08. The maximum absolute atomic E-state index is 5.40. The van der Waals surface area contributed by atoms with Gasteiger partial charge in [-0.2, -0.15) is 11.8 Å². The molecule has 0 spiro atoms. The van der Waals surface area contributed by atoms with E-state index < -0.39 is 0 Å². The van der Waals surface area contributed by atoms with E-state index in [4.69, 9.17) is 4.74 Å². The standard InChI is InChI=1S/C16H19BrN4OS/c1-22-14-3-2-13(17)8-12(14)10-18-15-9-16(20-11-19-15)21-4-6-23-7-5-21/h2-3,8-9,11H,4-7,10H2,1H3,(H,18,19,20). The lowest BCUT2D eigenvalue weighted by molar-refractivity contribution is 0.410. The van der Waals surface area contributed by atoms with E-state index in [0.717, 1.165) is 52.0 Å². The summed E-state index contributed by atoms with van der Waals surface area (Å²) >= 11 is 5.49. The summed E-state index contributed by atoms with van der Waals surface area (Å²) < 4.78 is 6.44. The van der Waals surface area contributed by atoms with Crippen LogP contribution in [0.2, 0.25) is 0 Å². The monoisotopic (exact) mass is 394 g/mol. The number of ether oxygens (including phenoxy) is 1. The van der Waals surface area contributed by atoms with Crippen molar-refractivity contribution in [3.05, 3.63) is 40.6 Å². The zero-order chi connectivity index (χ0) is 16.1. The molecule has 1 aliphatic heterocycles. The van der Waals surface area contributed by atoms with Crippen LogP contribution < -0.4 is 15.0 Å². The molecule has 0 amide bonds. The van der Waals surface area contributed by atoms with Crippen LogP contribution >= 0.6 is 27.7 Å². The number of benzene rings is 1. The summed E-state index contributed by atoms with van der Waals surface area (Å²) in [6.07, 6.45) is 1.62. The number of methoxy groups -OCH3 is 1. The molecule has 0 radical (unpaired) electrons. The second kappa shape index (κ2) is 7.88. The Hall–Kier alpha value is -1.47. The van der Waals surface area contributed by atoms with Gasteiger partial charge < -0.3 is 15.0 Å². The van der Waals surface area contributed by atoms with Gasteiger partial charge in [-0.3, -0.25) is 0 Å². The van der Waals surface area contributed by atoms with Crippen molar-refractivity contribution in [3.63, 3.8) is 0 Å². The third-order valence-corrected chi connectivity index (χ3v) is 5.13. The minimum atomic E-state index is 0.648. The largest absolute Gasteiger partial charge is 0.496 e. The predicted molar refractivity (Wildman–Crippen MR) is 99.6 cm³/mol. The van der Waals surface area contributed by atoms with Gasteiger partial charge in [-0.15, -0.1) is 0 Å². The number of thioether (sulfide) groups is 1. The Bertz CT molecular complexity index is 664. The first-order chi connectivity index (χ1) is 11.3. The van der Waals surface area contributed by atoms with E-state index >= 15 is 0 Å². The van der Waals surface area contributed by atoms with Gasteiger partial charge in [0.1, 0.15) is 23.7 Å². The van der Waals surface area contributed by atoms with Crippen molar-refractivity contribution in [2.24, 2.45) is 0 Å². The average Bonchev–Trinajstić information content (AvgIpc) is 2.61. The van der Waals surface area contributed by atoms with E-state index in [-0.39, 0.29) is 0 Å². The van der Waals surface area contributed by atoms with Crippen LogP contribution in [0.25, 0.3) is 0 Å². The summed E-state index contributed by atoms with van der Waals surface area (Å²) in [5.74, 6) is 4.99. The average molecular weight is 395 g/mol. The van der Waals surface area contributed by atoms with Crippen LogP contribution in [0.15, 0.2) is 35.1 Å². The molecule has 1 N–H and O–H groups in total. The van der Waals surface area contributed by atoms with Crippen molar-refractivity contribution in [1.29, 1.82) is 0 Å². The lowest BCUT2D eigenvalue weighted by Gasteiger charge is -2.27. The fraction of sp³-hybridized carbons (Fsp3) is 0.375. The molecule has 7 heteroatoms. The molecule has 0 atom stereocenters. The van der Waals surface area contributed by atoms with Crippen molar-refractivity contribution in [3.8, 4) is 5.75 Å². The second-order valence-electron chi connectivity index (χ2n) is 5.17. The highest BCUT2D eigenvalue weighted by Crippen LogP contribution is 2.24. The number of rotatable bonds is 5. The SMILES string of the molecule is COc1ccc(Br)cc1CNc1cc(N2CCSCC2)ncn1. The molecule has 0 saturated carbocycles. The minimum absolute atomic E-state index is 0.648. The summed E-state index contributed by atoms with van der Waals surface area (Å²) in [6.45, 7) is 2.73. The smallest absolute Gasteiger partial charge is 0.134 e. The van der Waals surface area contributed by atoms with Crippen LogP contribution in [-0.4, -0.2) is 41.7 Å². The van der Waals surface area contributed by atoms with Gasteiger partial charge in [-0.25, -0.2) is 9.97 Å². The second-order valence-corrected chi connectivity index (χ2v) is 7.31. The molecule has 2 aromatic rings. The first-order valence-electron chi connectivity index (χ1n) is 7.47. The molecular weight excluding hydrogens is 376 g/mol. The Morgan fingerprint density at radius 1 is 1.26 bits per heavy atom. The summed E-state index contributed by atoms with van der Waals surface area (Å²) in [7, 11) is 1.68. The van der Waals surface area contributed by atoms with Gasteiger partial charge >= 0.3 is 0 Å². The fourth-order valence-electron chi connectivity index (χ4n) is 2.48. The molecule has 1 aromatic heterocycles. The van der Waals surface area contributed by atoms with Crippen molar-refractivity contribution >= 4 is 39.3 Å². The Kier molecular flexibility index (Phi) is 5.61. The van der Waals surface area contributed by atoms with Gasteiger partial charge in [0.25, 0.3) is 0 Å². The molecule has 23 heavy (non-hydrogen) atoms. The van der Waals surface area contributed by atoms with Crippen LogP contribution in [-0.2, 0) is 6.54 Å². The molecule has 122 valence electrons. The molecule has 0 aliphatic carbocycles. The maximum Gasteiger partial charge on any atom is 0.134 e. The normalized spacial score (nSPS) is 14.6. The van der Waals surface area contributed by atoms with Crippen molar-refractivity contribution in [2.45, 2.75) is 6.54 Å². The third-order valence-electron chi connectivity index (χ3n) is 3.69. The van der Waals surface area contributed by atoms with Crippen LogP contribution in [0.1, 0.15) is 5.56 Å². The molecule has 0 bridgehead atoms. The lowest BCUT2D eigenvalue weighted by Crippen LogP contribution is -2.33. The van der Waals surface area contributed by atoms with E-state index in [1.54, 1.807) is 13.4 Å². The van der Waals surface area contributed by atoms with Crippen molar-refractivity contribution in [1.82, 2.24) is 9.97 Å². The van der Waals surface area contributed by atoms with E-state index in [1.165, 1.54) is 0 Å². The molecule has 1 aliphatic rings. The highest BCUT2D eigenvalue weighted by molar-refractivity contribution is 9.10. The van der Waals surface area contributed by atoms with Gasteiger partial charge in [-0.05, 0) is 18.2 Å². The van der Waals surface area contributed by atoms with Crippen LogP contribution in [0.3, 0.4) is 0 Å². The van der Waals surface area contributed by atoms with E-state index in [9.17, 15) is 0 Å². The Balaban J connectivity index is 1.70. The topological polar surface area (TPSA) is 50.3 Å². The molecule has 0 unspecified atom stereocenters. The van der Waals surface area contributed by atoms with Crippen LogP contribution in [0.4, 0.5) is 11.6 Å². The highest BCUT2D eigenvalue weighted by Gasteiger charge is 2.13. The van der Waals surface area contributed by atoms with Crippen LogP contribution in [0.5, 0.6) is 5.75 Å². The van der Waals surface area contributed by atoms with Gasteiger partial charge in [0.05, 0.1) is 7.11 Å². The summed E-state index contributed by atoms with van der Waals surface area (Å²) in [6, 6.07) is 7.99. The molecule has 5 nitrogen and oxygen atoms in total. The first kappa shape index (κ1) is 16.4. The molecule has 3 rings (SSSR count). The Morgan fingerprint density at radius 2 is 2.09 bits per heavy atom. The van der Waals surface area contributed by atoms with E-state index in [1.807, 2.05) is 30.0 Å². The maximum atomic E-state index is 5.40. The fourth-order valence-corrected chi connectivity index (χ4v) is 3.79. The van der Waals surface area contributed by atoms with E-state index in [2.05, 4.69) is 42.2 Å². The molecule has 1 fully saturated rings. The Morgan fingerprint density at radius 3 is 2.87 bits per heavy atom. The summed E-state index contributed by atoms with van der Waals surface area (Å²) in [4.78, 5) is 11.0. The minimum Gasteiger partial charge on any atom is -0.496 e. The van der Waals surface area contributed by atoms with Crippen molar-refractivity contribution in [2.75, 3.05) is 41.9 Å². The number of anilines is 2. The first-order valence-corrected chi connectivity index (χ1v) is 9.42. The zero-order valence-corrected chi connectivity index (χ0v) is 15.4. The third kappa shape index (κ3) is 4.29. The predicted octanol–water partition coefficient (Wildman–Crippen LogP) is 3.41. The molecule has 1 aromatic carbocycles. The number of nitrogens with one attached hydrogen (secondary N) is 1. The quantitative estimate of drug-likeness (QED) is 0.838. The number of hydrogen-bond donors (Lipinski definition) is 1.